The average molecular weight is 313 g/mol. The fourth-order valence-corrected chi connectivity index (χ4v) is 3.68. The highest BCUT2D eigenvalue weighted by molar-refractivity contribution is 6.29. The molecule has 1 aliphatic rings. The van der Waals surface area contributed by atoms with E-state index in [0.717, 1.165) is 6.08 Å². The van der Waals surface area contributed by atoms with Crippen LogP contribution in [0.2, 0.25) is 0 Å². The normalized spacial score (nSPS) is 35.0. The summed E-state index contributed by atoms with van der Waals surface area (Å²) in [6.07, 6.45) is -3.80. The number of alkyl halides is 3. The second-order valence-electron chi connectivity index (χ2n) is 6.37. The molecule has 0 heterocycles. The van der Waals surface area contributed by atoms with E-state index in [1.165, 1.54) is 6.92 Å². The standard InChI is InChI=1S/C14H20ClF3O2/c1-8(2)12(3)6-9(15)5-10(14(16,17)18)13(12,4)7-11(19)20/h5,8,10H,6-7H2,1-4H3,(H,19,20). The third-order valence-corrected chi connectivity index (χ3v) is 5.28. The summed E-state index contributed by atoms with van der Waals surface area (Å²) in [6, 6.07) is 0. The summed E-state index contributed by atoms with van der Waals surface area (Å²) in [5.41, 5.74) is -2.26. The summed E-state index contributed by atoms with van der Waals surface area (Å²) in [7, 11) is 0. The third-order valence-electron chi connectivity index (χ3n) is 5.02. The number of allylic oxidation sites excluding steroid dienone is 2. The molecule has 0 fully saturated rings. The number of rotatable bonds is 3. The molecule has 3 unspecified atom stereocenters. The molecule has 3 atom stereocenters. The average Bonchev–Trinajstić information content (AvgIpc) is 2.20. The largest absolute Gasteiger partial charge is 0.481 e. The maximum atomic E-state index is 13.4. The molecule has 0 saturated carbocycles. The molecule has 0 aromatic rings. The summed E-state index contributed by atoms with van der Waals surface area (Å²) in [5, 5.41) is 9.23. The van der Waals surface area contributed by atoms with Crippen molar-refractivity contribution in [3.05, 3.63) is 11.1 Å². The van der Waals surface area contributed by atoms with Gasteiger partial charge in [0, 0.05) is 5.03 Å². The first kappa shape index (κ1) is 17.3. The lowest BCUT2D eigenvalue weighted by molar-refractivity contribution is -0.219. The van der Waals surface area contributed by atoms with Gasteiger partial charge in [0.25, 0.3) is 0 Å². The van der Waals surface area contributed by atoms with Crippen molar-refractivity contribution in [2.24, 2.45) is 22.7 Å². The molecule has 20 heavy (non-hydrogen) atoms. The Bertz CT molecular complexity index is 431. The molecule has 1 N–H and O–H groups in total. The van der Waals surface area contributed by atoms with Crippen molar-refractivity contribution >= 4 is 17.6 Å². The van der Waals surface area contributed by atoms with Crippen LogP contribution in [-0.4, -0.2) is 17.3 Å². The van der Waals surface area contributed by atoms with Crippen LogP contribution in [0, 0.1) is 22.7 Å². The number of halogens is 4. The van der Waals surface area contributed by atoms with E-state index in [1.807, 2.05) is 13.8 Å². The lowest BCUT2D eigenvalue weighted by Gasteiger charge is -2.55. The number of carbonyl (C=O) groups is 1. The Morgan fingerprint density at radius 1 is 1.50 bits per heavy atom. The van der Waals surface area contributed by atoms with Crippen molar-refractivity contribution in [1.29, 1.82) is 0 Å². The van der Waals surface area contributed by atoms with Crippen LogP contribution in [-0.2, 0) is 4.79 Å². The highest BCUT2D eigenvalue weighted by Gasteiger charge is 2.61. The van der Waals surface area contributed by atoms with Crippen LogP contribution in [0.3, 0.4) is 0 Å². The molecule has 0 spiro atoms. The molecule has 116 valence electrons. The zero-order chi connectivity index (χ0) is 15.9. The molecule has 1 rings (SSSR count). The van der Waals surface area contributed by atoms with Crippen LogP contribution in [0.5, 0.6) is 0 Å². The van der Waals surface area contributed by atoms with Gasteiger partial charge in [-0.15, -0.1) is 0 Å². The molecular weight excluding hydrogens is 293 g/mol. The van der Waals surface area contributed by atoms with Crippen molar-refractivity contribution in [2.75, 3.05) is 0 Å². The van der Waals surface area contributed by atoms with Crippen molar-refractivity contribution in [3.8, 4) is 0 Å². The van der Waals surface area contributed by atoms with Gasteiger partial charge in [0.1, 0.15) is 0 Å². The van der Waals surface area contributed by atoms with E-state index in [0.29, 0.717) is 0 Å². The van der Waals surface area contributed by atoms with Crippen molar-refractivity contribution in [1.82, 2.24) is 0 Å². The molecular formula is C14H20ClF3O2. The minimum absolute atomic E-state index is 0.126. The number of hydrogen-bond acceptors (Lipinski definition) is 1. The van der Waals surface area contributed by atoms with E-state index in [2.05, 4.69) is 0 Å². The van der Waals surface area contributed by atoms with Gasteiger partial charge in [-0.05, 0) is 23.2 Å². The lowest BCUT2D eigenvalue weighted by Crippen LogP contribution is -2.53. The summed E-state index contributed by atoms with van der Waals surface area (Å²) in [6.45, 7) is 6.74. The van der Waals surface area contributed by atoms with Crippen LogP contribution < -0.4 is 0 Å². The minimum atomic E-state index is -4.51. The van der Waals surface area contributed by atoms with Gasteiger partial charge in [-0.25, -0.2) is 0 Å². The van der Waals surface area contributed by atoms with Crippen LogP contribution >= 0.6 is 11.6 Å². The first-order valence-corrected chi connectivity index (χ1v) is 6.87. The first-order valence-electron chi connectivity index (χ1n) is 6.49. The minimum Gasteiger partial charge on any atom is -0.481 e. The number of hydrogen-bond donors (Lipinski definition) is 1. The third kappa shape index (κ3) is 2.83. The first-order chi connectivity index (χ1) is 8.84. The Kier molecular flexibility index (Phi) is 4.55. The monoisotopic (exact) mass is 312 g/mol. The van der Waals surface area contributed by atoms with E-state index >= 15 is 0 Å². The molecule has 1 aliphatic carbocycles. The summed E-state index contributed by atoms with van der Waals surface area (Å²) in [5.74, 6) is -3.20. The number of carboxylic acid groups (broad SMARTS) is 1. The molecule has 0 bridgehead atoms. The van der Waals surface area contributed by atoms with Crippen molar-refractivity contribution in [3.63, 3.8) is 0 Å². The molecule has 0 radical (unpaired) electrons. The van der Waals surface area contributed by atoms with Crippen LogP contribution in [0.1, 0.15) is 40.5 Å². The molecule has 0 saturated heterocycles. The van der Waals surface area contributed by atoms with Crippen LogP contribution in [0.15, 0.2) is 11.1 Å². The molecule has 2 nitrogen and oxygen atoms in total. The Hall–Kier alpha value is -0.710. The van der Waals surface area contributed by atoms with Crippen LogP contribution in [0.4, 0.5) is 13.2 Å². The van der Waals surface area contributed by atoms with Gasteiger partial charge in [-0.2, -0.15) is 13.2 Å². The van der Waals surface area contributed by atoms with Gasteiger partial charge in [-0.3, -0.25) is 4.79 Å². The van der Waals surface area contributed by atoms with E-state index in [1.54, 1.807) is 6.92 Å². The summed E-state index contributed by atoms with van der Waals surface area (Å²) >= 11 is 5.92. The zero-order valence-electron chi connectivity index (χ0n) is 12.0. The molecule has 0 amide bonds. The van der Waals surface area contributed by atoms with Crippen molar-refractivity contribution in [2.45, 2.75) is 46.7 Å². The van der Waals surface area contributed by atoms with E-state index in [-0.39, 0.29) is 17.4 Å². The van der Waals surface area contributed by atoms with Gasteiger partial charge in [-0.1, -0.05) is 45.4 Å². The summed E-state index contributed by atoms with van der Waals surface area (Å²) in [4.78, 5) is 11.1. The fourth-order valence-electron chi connectivity index (χ4n) is 3.28. The predicted molar refractivity (Wildman–Crippen MR) is 71.4 cm³/mol. The highest BCUT2D eigenvalue weighted by atomic mass is 35.5. The van der Waals surface area contributed by atoms with Gasteiger partial charge in [0.2, 0.25) is 0 Å². The van der Waals surface area contributed by atoms with Gasteiger partial charge < -0.3 is 5.11 Å². The van der Waals surface area contributed by atoms with E-state index in [9.17, 15) is 18.0 Å². The Balaban J connectivity index is 3.48. The number of aliphatic carboxylic acids is 1. The zero-order valence-corrected chi connectivity index (χ0v) is 12.8. The van der Waals surface area contributed by atoms with E-state index in [4.69, 9.17) is 16.7 Å². The Morgan fingerprint density at radius 3 is 2.35 bits per heavy atom. The highest BCUT2D eigenvalue weighted by Crippen LogP contribution is 2.62. The quantitative estimate of drug-likeness (QED) is 0.810. The van der Waals surface area contributed by atoms with Gasteiger partial charge in [0.05, 0.1) is 12.3 Å². The number of carboxylic acids is 1. The molecule has 0 aromatic heterocycles. The van der Waals surface area contributed by atoms with Gasteiger partial charge >= 0.3 is 12.1 Å². The van der Waals surface area contributed by atoms with Gasteiger partial charge in [0.15, 0.2) is 0 Å². The molecule has 0 aliphatic heterocycles. The lowest BCUT2D eigenvalue weighted by atomic mass is 9.50. The predicted octanol–water partition coefficient (Wildman–Crippen LogP) is 4.83. The maximum absolute atomic E-state index is 13.4. The topological polar surface area (TPSA) is 37.3 Å². The fraction of sp³-hybridized carbons (Fsp3) is 0.786. The second kappa shape index (κ2) is 5.24. The Morgan fingerprint density at radius 2 is 2.00 bits per heavy atom. The maximum Gasteiger partial charge on any atom is 0.395 e. The van der Waals surface area contributed by atoms with E-state index < -0.39 is 35.3 Å². The Labute approximate surface area is 122 Å². The molecule has 0 aromatic carbocycles. The second-order valence-corrected chi connectivity index (χ2v) is 6.86. The smallest absolute Gasteiger partial charge is 0.395 e. The SMILES string of the molecule is CC(C)C1(C)CC(Cl)=CC(C(F)(F)F)C1(C)CC(=O)O. The van der Waals surface area contributed by atoms with Crippen LogP contribution in [0.25, 0.3) is 0 Å². The summed E-state index contributed by atoms with van der Waals surface area (Å²) < 4.78 is 40.1. The van der Waals surface area contributed by atoms with Crippen molar-refractivity contribution < 1.29 is 23.1 Å². The molecule has 6 heteroatoms.